The Morgan fingerprint density at radius 1 is 1.43 bits per heavy atom. The summed E-state index contributed by atoms with van der Waals surface area (Å²) in [6.07, 6.45) is 0.477. The summed E-state index contributed by atoms with van der Waals surface area (Å²) >= 11 is 0. The van der Waals surface area contributed by atoms with E-state index in [2.05, 4.69) is 0 Å². The first-order chi connectivity index (χ1) is 3.30. The van der Waals surface area contributed by atoms with Crippen LogP contribution in [0.5, 0.6) is 0 Å². The molecule has 0 aromatic heterocycles. The highest BCUT2D eigenvalue weighted by atomic mass is 19.1. The molecule has 1 aliphatic carbocycles. The number of halogens is 1. The number of aliphatic hydroxyl groups excluding tert-OH is 1. The van der Waals surface area contributed by atoms with E-state index in [-0.39, 0.29) is 0 Å². The quantitative estimate of drug-likeness (QED) is 0.483. The van der Waals surface area contributed by atoms with Gasteiger partial charge in [0.1, 0.15) is 6.17 Å². The Kier molecular flexibility index (Phi) is 1.28. The van der Waals surface area contributed by atoms with Gasteiger partial charge in [0.05, 0.1) is 6.10 Å². The van der Waals surface area contributed by atoms with E-state index in [0.29, 0.717) is 12.8 Å². The van der Waals surface area contributed by atoms with Crippen LogP contribution >= 0.6 is 0 Å². The lowest BCUT2D eigenvalue weighted by molar-refractivity contribution is 0.103. The Labute approximate surface area is 42.2 Å². The molecule has 0 aromatic rings. The van der Waals surface area contributed by atoms with Crippen molar-refractivity contribution in [2.24, 2.45) is 0 Å². The first-order valence-electron chi connectivity index (χ1n) is 2.63. The maximum absolute atomic E-state index is 12.1. The third-order valence-electron chi connectivity index (χ3n) is 1.40. The van der Waals surface area contributed by atoms with E-state index < -0.39 is 12.3 Å². The lowest BCUT2D eigenvalue weighted by Gasteiger charge is -2.00. The standard InChI is InChI=1S/C5H9FO/c6-4-2-1-3-5(4)7/h4-5,7H,1-3H2/t4-,5+/m1/s1. The van der Waals surface area contributed by atoms with Gasteiger partial charge >= 0.3 is 0 Å². The zero-order valence-corrected chi connectivity index (χ0v) is 4.10. The molecule has 0 radical (unpaired) electrons. The van der Waals surface area contributed by atoms with Crippen molar-refractivity contribution in [3.63, 3.8) is 0 Å². The average Bonchev–Trinajstić information content (AvgIpc) is 1.91. The molecule has 0 aliphatic heterocycles. The zero-order valence-electron chi connectivity index (χ0n) is 4.10. The Bertz CT molecular complexity index is 57.1. The maximum Gasteiger partial charge on any atom is 0.126 e. The van der Waals surface area contributed by atoms with Crippen molar-refractivity contribution < 1.29 is 9.50 Å². The molecular weight excluding hydrogens is 95.1 g/mol. The van der Waals surface area contributed by atoms with Crippen LogP contribution in [0.15, 0.2) is 0 Å². The Morgan fingerprint density at radius 2 is 2.14 bits per heavy atom. The van der Waals surface area contributed by atoms with Crippen molar-refractivity contribution in [3.8, 4) is 0 Å². The van der Waals surface area contributed by atoms with E-state index in [1.54, 1.807) is 0 Å². The predicted octanol–water partition coefficient (Wildman–Crippen LogP) is 0.869. The van der Waals surface area contributed by atoms with Crippen molar-refractivity contribution in [2.45, 2.75) is 31.5 Å². The number of aliphatic hydroxyl groups is 1. The Morgan fingerprint density at radius 3 is 2.29 bits per heavy atom. The topological polar surface area (TPSA) is 20.2 Å². The fraction of sp³-hybridized carbons (Fsp3) is 1.00. The molecule has 0 spiro atoms. The summed E-state index contributed by atoms with van der Waals surface area (Å²) in [4.78, 5) is 0. The van der Waals surface area contributed by atoms with Gasteiger partial charge in [0.2, 0.25) is 0 Å². The number of hydrogen-bond acceptors (Lipinski definition) is 1. The van der Waals surface area contributed by atoms with Gasteiger partial charge in [0.25, 0.3) is 0 Å². The summed E-state index contributed by atoms with van der Waals surface area (Å²) < 4.78 is 12.1. The summed E-state index contributed by atoms with van der Waals surface area (Å²) in [5.41, 5.74) is 0. The van der Waals surface area contributed by atoms with Crippen LogP contribution in [-0.2, 0) is 0 Å². The van der Waals surface area contributed by atoms with Crippen molar-refractivity contribution in [3.05, 3.63) is 0 Å². The van der Waals surface area contributed by atoms with Crippen LogP contribution in [0.4, 0.5) is 4.39 Å². The van der Waals surface area contributed by atoms with Gasteiger partial charge < -0.3 is 5.11 Å². The molecule has 1 fully saturated rings. The number of alkyl halides is 1. The molecule has 0 amide bonds. The molecule has 0 heterocycles. The van der Waals surface area contributed by atoms with Gasteiger partial charge in [-0.3, -0.25) is 0 Å². The molecule has 1 rings (SSSR count). The van der Waals surface area contributed by atoms with Crippen molar-refractivity contribution in [2.75, 3.05) is 0 Å². The zero-order chi connectivity index (χ0) is 5.28. The highest BCUT2D eigenvalue weighted by Gasteiger charge is 2.23. The lowest BCUT2D eigenvalue weighted by Crippen LogP contribution is -2.12. The van der Waals surface area contributed by atoms with E-state index in [1.165, 1.54) is 0 Å². The fourth-order valence-corrected chi connectivity index (χ4v) is 0.895. The molecule has 0 unspecified atom stereocenters. The summed E-state index contributed by atoms with van der Waals surface area (Å²) in [6, 6.07) is 0. The van der Waals surface area contributed by atoms with Crippen LogP contribution in [0.2, 0.25) is 0 Å². The van der Waals surface area contributed by atoms with Crippen LogP contribution < -0.4 is 0 Å². The summed E-state index contributed by atoms with van der Waals surface area (Å²) in [5, 5.41) is 8.62. The van der Waals surface area contributed by atoms with Crippen LogP contribution in [-0.4, -0.2) is 17.4 Å². The molecule has 42 valence electrons. The van der Waals surface area contributed by atoms with Gasteiger partial charge in [-0.2, -0.15) is 0 Å². The lowest BCUT2D eigenvalue weighted by atomic mass is 10.3. The van der Waals surface area contributed by atoms with Crippen LogP contribution in [0.1, 0.15) is 19.3 Å². The molecule has 0 saturated heterocycles. The predicted molar refractivity (Wildman–Crippen MR) is 24.8 cm³/mol. The minimum atomic E-state index is -0.931. The summed E-state index contributed by atoms with van der Waals surface area (Å²) in [5.74, 6) is 0. The molecule has 0 bridgehead atoms. The van der Waals surface area contributed by atoms with Gasteiger partial charge in [-0.25, -0.2) is 4.39 Å². The fourth-order valence-electron chi connectivity index (χ4n) is 0.895. The van der Waals surface area contributed by atoms with E-state index in [9.17, 15) is 4.39 Å². The summed E-state index contributed by atoms with van der Waals surface area (Å²) in [6.45, 7) is 0. The largest absolute Gasteiger partial charge is 0.390 e. The van der Waals surface area contributed by atoms with Gasteiger partial charge in [-0.1, -0.05) is 0 Å². The SMILES string of the molecule is O[C@H]1CCC[C@H]1F. The molecule has 1 saturated carbocycles. The van der Waals surface area contributed by atoms with Crippen molar-refractivity contribution in [1.29, 1.82) is 0 Å². The minimum Gasteiger partial charge on any atom is -0.390 e. The molecule has 2 atom stereocenters. The van der Waals surface area contributed by atoms with Gasteiger partial charge in [-0.05, 0) is 19.3 Å². The average molecular weight is 104 g/mol. The van der Waals surface area contributed by atoms with Crippen molar-refractivity contribution >= 4 is 0 Å². The number of rotatable bonds is 0. The molecule has 1 aliphatic rings. The molecule has 1 N–H and O–H groups in total. The van der Waals surface area contributed by atoms with E-state index in [0.717, 1.165) is 6.42 Å². The molecule has 0 aromatic carbocycles. The molecule has 7 heavy (non-hydrogen) atoms. The normalized spacial score (nSPS) is 42.0. The highest BCUT2D eigenvalue weighted by molar-refractivity contribution is 4.74. The Hall–Kier alpha value is -0.110. The monoisotopic (exact) mass is 104 g/mol. The second-order valence-electron chi connectivity index (χ2n) is 2.01. The van der Waals surface area contributed by atoms with E-state index in [1.807, 2.05) is 0 Å². The summed E-state index contributed by atoms with van der Waals surface area (Å²) in [7, 11) is 0. The molecular formula is C5H9FO. The first-order valence-corrected chi connectivity index (χ1v) is 2.63. The smallest absolute Gasteiger partial charge is 0.126 e. The van der Waals surface area contributed by atoms with E-state index >= 15 is 0 Å². The minimum absolute atomic E-state index is 0.557. The molecule has 1 nitrogen and oxygen atoms in total. The van der Waals surface area contributed by atoms with Gasteiger partial charge in [-0.15, -0.1) is 0 Å². The van der Waals surface area contributed by atoms with Gasteiger partial charge in [0.15, 0.2) is 0 Å². The van der Waals surface area contributed by atoms with Gasteiger partial charge in [0, 0.05) is 0 Å². The second-order valence-corrected chi connectivity index (χ2v) is 2.01. The molecule has 2 heteroatoms. The van der Waals surface area contributed by atoms with Crippen LogP contribution in [0.25, 0.3) is 0 Å². The van der Waals surface area contributed by atoms with Crippen LogP contribution in [0.3, 0.4) is 0 Å². The second kappa shape index (κ2) is 1.78. The van der Waals surface area contributed by atoms with E-state index in [4.69, 9.17) is 5.11 Å². The third-order valence-corrected chi connectivity index (χ3v) is 1.40. The van der Waals surface area contributed by atoms with Crippen LogP contribution in [0, 0.1) is 0 Å². The van der Waals surface area contributed by atoms with Crippen molar-refractivity contribution in [1.82, 2.24) is 0 Å². The highest BCUT2D eigenvalue weighted by Crippen LogP contribution is 2.20. The third kappa shape index (κ3) is 0.911. The Balaban J connectivity index is 2.33. The maximum atomic E-state index is 12.1. The number of hydrogen-bond donors (Lipinski definition) is 1. The first kappa shape index (κ1) is 5.04.